The van der Waals surface area contributed by atoms with Gasteiger partial charge in [0.1, 0.15) is 6.61 Å². The van der Waals surface area contributed by atoms with Crippen molar-refractivity contribution in [3.63, 3.8) is 0 Å². The maximum absolute atomic E-state index is 12.7. The van der Waals surface area contributed by atoms with Crippen molar-refractivity contribution in [1.29, 1.82) is 0 Å². The summed E-state index contributed by atoms with van der Waals surface area (Å²) >= 11 is 18.1. The monoisotopic (exact) mass is 458 g/mol. The Bertz CT molecular complexity index is 1020. The second kappa shape index (κ2) is 9.03. The number of nitrogens with zero attached hydrogens (tertiary/aromatic N) is 2. The van der Waals surface area contributed by atoms with Gasteiger partial charge in [-0.25, -0.2) is 0 Å². The lowest BCUT2D eigenvalue weighted by atomic mass is 10.1. The standard InChI is InChI=1S/C20H12Cl3F3N2O/c21-16-2-1-3-17(22)15(16)11-29-28-9-12-4-6-13(7-5-12)19-18(23)8-14(10-27-19)20(24,25)26/h1-10H,11H2/b28-9+. The van der Waals surface area contributed by atoms with Gasteiger partial charge in [-0.05, 0) is 23.8 Å². The van der Waals surface area contributed by atoms with E-state index in [9.17, 15) is 13.2 Å². The van der Waals surface area contributed by atoms with Crippen LogP contribution in [0.5, 0.6) is 0 Å². The van der Waals surface area contributed by atoms with E-state index in [0.717, 1.165) is 12.3 Å². The van der Waals surface area contributed by atoms with Gasteiger partial charge in [-0.1, -0.05) is 70.3 Å². The van der Waals surface area contributed by atoms with Crippen molar-refractivity contribution in [3.05, 3.63) is 86.5 Å². The maximum atomic E-state index is 12.7. The van der Waals surface area contributed by atoms with E-state index in [1.54, 1.807) is 42.5 Å². The molecule has 2 aromatic carbocycles. The summed E-state index contributed by atoms with van der Waals surface area (Å²) in [6, 6.07) is 12.8. The van der Waals surface area contributed by atoms with E-state index in [0.29, 0.717) is 26.7 Å². The molecular weight excluding hydrogens is 448 g/mol. The molecule has 0 aliphatic heterocycles. The van der Waals surface area contributed by atoms with Gasteiger partial charge in [0, 0.05) is 27.4 Å². The third-order valence-corrected chi connectivity index (χ3v) is 4.90. The fraction of sp³-hybridized carbons (Fsp3) is 0.100. The Balaban J connectivity index is 1.67. The second-order valence-corrected chi connectivity index (χ2v) is 7.10. The van der Waals surface area contributed by atoms with Crippen molar-refractivity contribution in [2.24, 2.45) is 5.16 Å². The molecular formula is C20H12Cl3F3N2O. The molecule has 3 nitrogen and oxygen atoms in total. The van der Waals surface area contributed by atoms with E-state index in [1.807, 2.05) is 0 Å². The van der Waals surface area contributed by atoms with Crippen molar-refractivity contribution >= 4 is 41.0 Å². The number of pyridine rings is 1. The summed E-state index contributed by atoms with van der Waals surface area (Å²) in [5.41, 5.74) is 1.27. The number of hydrogen-bond donors (Lipinski definition) is 0. The van der Waals surface area contributed by atoms with Gasteiger partial charge in [-0.3, -0.25) is 4.98 Å². The third-order valence-electron chi connectivity index (χ3n) is 3.90. The first-order valence-electron chi connectivity index (χ1n) is 8.17. The first kappa shape index (κ1) is 21.4. The molecule has 0 N–H and O–H groups in total. The molecule has 150 valence electrons. The topological polar surface area (TPSA) is 34.5 Å². The largest absolute Gasteiger partial charge is 0.417 e. The number of aromatic nitrogens is 1. The molecule has 0 aliphatic rings. The first-order valence-corrected chi connectivity index (χ1v) is 9.30. The summed E-state index contributed by atoms with van der Waals surface area (Å²) in [6.45, 7) is 0.109. The average molecular weight is 460 g/mol. The predicted octanol–water partition coefficient (Wildman–Crippen LogP) is 7.28. The highest BCUT2D eigenvalue weighted by molar-refractivity contribution is 6.36. The van der Waals surface area contributed by atoms with Crippen LogP contribution in [0.3, 0.4) is 0 Å². The highest BCUT2D eigenvalue weighted by atomic mass is 35.5. The van der Waals surface area contributed by atoms with Crippen molar-refractivity contribution in [3.8, 4) is 11.3 Å². The molecule has 3 rings (SSSR count). The van der Waals surface area contributed by atoms with Crippen LogP contribution in [0.2, 0.25) is 15.1 Å². The normalized spacial score (nSPS) is 11.8. The molecule has 1 heterocycles. The predicted molar refractivity (Wildman–Crippen MR) is 109 cm³/mol. The highest BCUT2D eigenvalue weighted by Gasteiger charge is 2.31. The van der Waals surface area contributed by atoms with E-state index in [-0.39, 0.29) is 17.3 Å². The number of alkyl halides is 3. The van der Waals surface area contributed by atoms with E-state index in [1.165, 1.54) is 6.21 Å². The Morgan fingerprint density at radius 3 is 2.21 bits per heavy atom. The average Bonchev–Trinajstić information content (AvgIpc) is 2.67. The van der Waals surface area contributed by atoms with Gasteiger partial charge in [0.15, 0.2) is 0 Å². The van der Waals surface area contributed by atoms with Crippen LogP contribution < -0.4 is 0 Å². The summed E-state index contributed by atoms with van der Waals surface area (Å²) in [5.74, 6) is 0. The smallest absolute Gasteiger partial charge is 0.391 e. The summed E-state index contributed by atoms with van der Waals surface area (Å²) in [6.07, 6.45) is -2.26. The number of oxime groups is 1. The lowest BCUT2D eigenvalue weighted by Gasteiger charge is -2.09. The Morgan fingerprint density at radius 2 is 1.62 bits per heavy atom. The number of benzene rings is 2. The van der Waals surface area contributed by atoms with Crippen LogP contribution in [0, 0.1) is 0 Å². The Kier molecular flexibility index (Phi) is 6.67. The number of hydrogen-bond acceptors (Lipinski definition) is 3. The molecule has 9 heteroatoms. The van der Waals surface area contributed by atoms with Crippen molar-refractivity contribution in [2.75, 3.05) is 0 Å². The van der Waals surface area contributed by atoms with Crippen molar-refractivity contribution < 1.29 is 18.0 Å². The van der Waals surface area contributed by atoms with Crippen molar-refractivity contribution in [1.82, 2.24) is 4.98 Å². The lowest BCUT2D eigenvalue weighted by molar-refractivity contribution is -0.137. The summed E-state index contributed by atoms with van der Waals surface area (Å²) in [7, 11) is 0. The van der Waals surface area contributed by atoms with Gasteiger partial charge < -0.3 is 4.84 Å². The minimum atomic E-state index is -4.50. The van der Waals surface area contributed by atoms with Gasteiger partial charge in [-0.15, -0.1) is 0 Å². The molecule has 0 unspecified atom stereocenters. The molecule has 0 saturated carbocycles. The second-order valence-electron chi connectivity index (χ2n) is 5.88. The zero-order valence-electron chi connectivity index (χ0n) is 14.6. The molecule has 0 amide bonds. The maximum Gasteiger partial charge on any atom is 0.417 e. The molecule has 29 heavy (non-hydrogen) atoms. The number of rotatable bonds is 5. The van der Waals surface area contributed by atoms with Crippen LogP contribution >= 0.6 is 34.8 Å². The lowest BCUT2D eigenvalue weighted by Crippen LogP contribution is -2.05. The SMILES string of the molecule is FC(F)(F)c1cnc(-c2ccc(/C=N/OCc3c(Cl)cccc3Cl)cc2)c(Cl)c1. The molecule has 1 aromatic heterocycles. The van der Waals surface area contributed by atoms with Gasteiger partial charge in [-0.2, -0.15) is 13.2 Å². The van der Waals surface area contributed by atoms with Crippen LogP contribution in [-0.2, 0) is 17.6 Å². The van der Waals surface area contributed by atoms with E-state index in [4.69, 9.17) is 39.6 Å². The molecule has 0 radical (unpaired) electrons. The van der Waals surface area contributed by atoms with Gasteiger partial charge in [0.05, 0.1) is 22.5 Å². The van der Waals surface area contributed by atoms with Crippen molar-refractivity contribution in [2.45, 2.75) is 12.8 Å². The molecule has 0 saturated heterocycles. The minimum Gasteiger partial charge on any atom is -0.391 e. The molecule has 0 bridgehead atoms. The van der Waals surface area contributed by atoms with E-state index in [2.05, 4.69) is 10.1 Å². The van der Waals surface area contributed by atoms with E-state index < -0.39 is 11.7 Å². The first-order chi connectivity index (χ1) is 13.8. The zero-order chi connectivity index (χ0) is 21.0. The molecule has 0 atom stereocenters. The van der Waals surface area contributed by atoms with Gasteiger partial charge in [0.25, 0.3) is 0 Å². The summed E-state index contributed by atoms with van der Waals surface area (Å²) in [4.78, 5) is 9.06. The third kappa shape index (κ3) is 5.41. The Hall–Kier alpha value is -2.28. The van der Waals surface area contributed by atoms with Crippen LogP contribution in [0.15, 0.2) is 59.9 Å². The fourth-order valence-corrected chi connectivity index (χ4v) is 3.18. The summed E-state index contributed by atoms with van der Waals surface area (Å²) in [5, 5.41) is 4.75. The van der Waals surface area contributed by atoms with E-state index >= 15 is 0 Å². The fourth-order valence-electron chi connectivity index (χ4n) is 2.40. The van der Waals surface area contributed by atoms with Crippen LogP contribution in [0.1, 0.15) is 16.7 Å². The molecule has 0 fully saturated rings. The highest BCUT2D eigenvalue weighted by Crippen LogP contribution is 2.34. The van der Waals surface area contributed by atoms with Crippen LogP contribution in [0.25, 0.3) is 11.3 Å². The molecule has 0 aliphatic carbocycles. The van der Waals surface area contributed by atoms with Gasteiger partial charge in [0.2, 0.25) is 0 Å². The molecule has 3 aromatic rings. The quantitative estimate of drug-likeness (QED) is 0.297. The summed E-state index contributed by atoms with van der Waals surface area (Å²) < 4.78 is 38.1. The Morgan fingerprint density at radius 1 is 0.966 bits per heavy atom. The van der Waals surface area contributed by atoms with Crippen LogP contribution in [0.4, 0.5) is 13.2 Å². The number of halogens is 6. The van der Waals surface area contributed by atoms with Crippen LogP contribution in [-0.4, -0.2) is 11.2 Å². The molecule has 0 spiro atoms. The Labute approximate surface area is 179 Å². The minimum absolute atomic E-state index is 0.0822. The zero-order valence-corrected chi connectivity index (χ0v) is 16.8. The van der Waals surface area contributed by atoms with Gasteiger partial charge >= 0.3 is 6.18 Å².